The van der Waals surface area contributed by atoms with E-state index in [-0.39, 0.29) is 0 Å². The normalized spacial score (nSPS) is 33.9. The molecule has 1 heterocycles. The van der Waals surface area contributed by atoms with Gasteiger partial charge in [0.25, 0.3) is 0 Å². The molecule has 0 spiro atoms. The Morgan fingerprint density at radius 2 is 1.00 bits per heavy atom. The van der Waals surface area contributed by atoms with Crippen molar-refractivity contribution in [2.45, 2.75) is 55.4 Å². The van der Waals surface area contributed by atoms with Gasteiger partial charge in [-0.15, -0.1) is 0 Å². The summed E-state index contributed by atoms with van der Waals surface area (Å²) in [5.74, 6) is 2.52. The van der Waals surface area contributed by atoms with E-state index in [4.69, 9.17) is 0 Å². The van der Waals surface area contributed by atoms with E-state index >= 15 is 0 Å². The van der Waals surface area contributed by atoms with Crippen LogP contribution < -0.4 is 0 Å². The number of hydrogen-bond donors (Lipinski definition) is 0. The van der Waals surface area contributed by atoms with Crippen LogP contribution >= 0.6 is 0 Å². The lowest BCUT2D eigenvalue weighted by Crippen LogP contribution is -2.34. The summed E-state index contributed by atoms with van der Waals surface area (Å²) in [5, 5.41) is 0. The zero-order valence-corrected chi connectivity index (χ0v) is 17.5. The molecule has 0 saturated carbocycles. The second kappa shape index (κ2) is 6.70. The van der Waals surface area contributed by atoms with Gasteiger partial charge in [-0.3, -0.25) is 0 Å². The Morgan fingerprint density at radius 1 is 0.640 bits per heavy atom. The van der Waals surface area contributed by atoms with Crippen LogP contribution in [0.25, 0.3) is 0 Å². The van der Waals surface area contributed by atoms with E-state index in [2.05, 4.69) is 77.3 Å². The Hall–Kier alpha value is -1.44. The van der Waals surface area contributed by atoms with Crippen LogP contribution in [-0.4, -0.2) is 29.6 Å². The van der Waals surface area contributed by atoms with Gasteiger partial charge in [0.1, 0.15) is 0 Å². The second-order valence-electron chi connectivity index (χ2n) is 8.74. The Bertz CT molecular complexity index is 618. The number of rotatable bonds is 2. The topological polar surface area (TPSA) is 6.48 Å². The quantitative estimate of drug-likeness (QED) is 0.648. The average Bonchev–Trinajstić information content (AvgIpc) is 3.00. The van der Waals surface area contributed by atoms with Crippen molar-refractivity contribution in [3.05, 3.63) is 45.8 Å². The molecule has 0 aromatic rings. The third-order valence-electron chi connectivity index (χ3n) is 7.16. The molecule has 0 radical (unpaired) electrons. The predicted octanol–water partition coefficient (Wildman–Crippen LogP) is 5.57. The van der Waals surface area contributed by atoms with Gasteiger partial charge in [0, 0.05) is 36.3 Å². The fourth-order valence-corrected chi connectivity index (χ4v) is 5.13. The van der Waals surface area contributed by atoms with E-state index in [1.54, 1.807) is 11.4 Å². The van der Waals surface area contributed by atoms with Gasteiger partial charge >= 0.3 is 0 Å². The van der Waals surface area contributed by atoms with Crippen LogP contribution in [0.5, 0.6) is 0 Å². The smallest absolute Gasteiger partial charge is 0.0899 e. The van der Waals surface area contributed by atoms with Crippen molar-refractivity contribution in [1.82, 2.24) is 9.80 Å². The van der Waals surface area contributed by atoms with Gasteiger partial charge in [0.2, 0.25) is 0 Å². The Kier molecular flexibility index (Phi) is 4.92. The zero-order valence-electron chi connectivity index (χ0n) is 17.5. The molecule has 2 unspecified atom stereocenters. The number of hydrogen-bond acceptors (Lipinski definition) is 2. The molecule has 0 N–H and O–H groups in total. The van der Waals surface area contributed by atoms with Gasteiger partial charge in [0.15, 0.2) is 0 Å². The highest BCUT2D eigenvalue weighted by Gasteiger charge is 2.34. The molecule has 2 heteroatoms. The first-order chi connectivity index (χ1) is 11.7. The molecule has 3 rings (SSSR count). The first kappa shape index (κ1) is 18.4. The molecule has 25 heavy (non-hydrogen) atoms. The van der Waals surface area contributed by atoms with Crippen molar-refractivity contribution in [2.75, 3.05) is 19.8 Å². The minimum Gasteiger partial charge on any atom is -0.355 e. The molecule has 138 valence electrons. The molecular formula is C23H36N2. The lowest BCUT2D eigenvalue weighted by Gasteiger charge is -2.38. The summed E-state index contributed by atoms with van der Waals surface area (Å²) in [4.78, 5) is 5.28. The van der Waals surface area contributed by atoms with Crippen molar-refractivity contribution in [3.8, 4) is 0 Å². The molecule has 3 aliphatic rings. The van der Waals surface area contributed by atoms with Gasteiger partial charge in [-0.1, -0.05) is 51.0 Å². The van der Waals surface area contributed by atoms with Crippen LogP contribution in [0, 0.1) is 23.7 Å². The summed E-state index contributed by atoms with van der Waals surface area (Å²) < 4.78 is 0. The van der Waals surface area contributed by atoms with E-state index < -0.39 is 0 Å². The highest BCUT2D eigenvalue weighted by Crippen LogP contribution is 2.40. The van der Waals surface area contributed by atoms with Crippen LogP contribution in [0.4, 0.5) is 0 Å². The highest BCUT2D eigenvalue weighted by atomic mass is 15.4. The molecule has 1 aliphatic heterocycles. The van der Waals surface area contributed by atoms with E-state index in [1.807, 2.05) is 0 Å². The summed E-state index contributed by atoms with van der Waals surface area (Å²) in [6.07, 6.45) is 4.81. The summed E-state index contributed by atoms with van der Waals surface area (Å²) in [6, 6.07) is 0. The molecular weight excluding hydrogens is 304 g/mol. The van der Waals surface area contributed by atoms with Crippen molar-refractivity contribution in [1.29, 1.82) is 0 Å². The molecule has 1 saturated heterocycles. The Labute approximate surface area is 155 Å². The maximum atomic E-state index is 2.64. The standard InChI is InChI=1S/C23H36N2/c1-14-11-16(3)22(20(7)18(14)5)24-9-10-25(13-24)23-17(4)12-15(2)19(6)21(23)8/h11-12,18-21H,9-10,13H2,1-8H3/t18?,19?,20-,21-/m0/s1. The van der Waals surface area contributed by atoms with Gasteiger partial charge in [-0.2, -0.15) is 0 Å². The average molecular weight is 341 g/mol. The van der Waals surface area contributed by atoms with Crippen LogP contribution in [0.1, 0.15) is 55.4 Å². The fourth-order valence-electron chi connectivity index (χ4n) is 5.13. The van der Waals surface area contributed by atoms with Crippen molar-refractivity contribution >= 4 is 0 Å². The SMILES string of the molecule is CC1=CC(C)=C(N2CCN(C3=C(C)C=C(C)C(C)[C@@H]3C)C2)[C@@H](C)C1C. The summed E-state index contributed by atoms with van der Waals surface area (Å²) in [6.45, 7) is 22.1. The summed E-state index contributed by atoms with van der Waals surface area (Å²) in [7, 11) is 0. The first-order valence-corrected chi connectivity index (χ1v) is 10.00. The molecule has 1 fully saturated rings. The van der Waals surface area contributed by atoms with Crippen molar-refractivity contribution in [2.24, 2.45) is 23.7 Å². The first-order valence-electron chi connectivity index (χ1n) is 10.00. The zero-order chi connectivity index (χ0) is 18.5. The monoisotopic (exact) mass is 340 g/mol. The third-order valence-corrected chi connectivity index (χ3v) is 7.16. The maximum Gasteiger partial charge on any atom is 0.0899 e. The van der Waals surface area contributed by atoms with Crippen molar-refractivity contribution < 1.29 is 0 Å². The summed E-state index contributed by atoms with van der Waals surface area (Å²) >= 11 is 0. The van der Waals surface area contributed by atoms with Gasteiger partial charge in [-0.05, 0) is 50.7 Å². The maximum absolute atomic E-state index is 2.64. The molecule has 0 bridgehead atoms. The number of allylic oxidation sites excluding steroid dienone is 8. The summed E-state index contributed by atoms with van der Waals surface area (Å²) in [5.41, 5.74) is 9.13. The number of nitrogens with zero attached hydrogens (tertiary/aromatic N) is 2. The largest absolute Gasteiger partial charge is 0.355 e. The van der Waals surface area contributed by atoms with Crippen molar-refractivity contribution in [3.63, 3.8) is 0 Å². The lowest BCUT2D eigenvalue weighted by molar-refractivity contribution is 0.257. The Balaban J connectivity index is 1.85. The minimum absolute atomic E-state index is 0.616. The highest BCUT2D eigenvalue weighted by molar-refractivity contribution is 5.36. The molecule has 0 aromatic heterocycles. The van der Waals surface area contributed by atoms with Gasteiger partial charge in [-0.25, -0.2) is 0 Å². The van der Waals surface area contributed by atoms with E-state index in [0.717, 1.165) is 19.8 Å². The second-order valence-corrected chi connectivity index (χ2v) is 8.74. The van der Waals surface area contributed by atoms with Crippen LogP contribution in [0.2, 0.25) is 0 Å². The molecule has 4 atom stereocenters. The molecule has 0 aromatic carbocycles. The van der Waals surface area contributed by atoms with Crippen LogP contribution in [-0.2, 0) is 0 Å². The van der Waals surface area contributed by atoms with E-state index in [1.165, 1.54) is 22.3 Å². The van der Waals surface area contributed by atoms with Gasteiger partial charge < -0.3 is 9.80 Å². The minimum atomic E-state index is 0.616. The molecule has 0 amide bonds. The van der Waals surface area contributed by atoms with E-state index in [9.17, 15) is 0 Å². The van der Waals surface area contributed by atoms with Crippen LogP contribution in [0.15, 0.2) is 45.8 Å². The van der Waals surface area contributed by atoms with E-state index in [0.29, 0.717) is 23.7 Å². The predicted molar refractivity (Wildman–Crippen MR) is 108 cm³/mol. The van der Waals surface area contributed by atoms with Gasteiger partial charge in [0.05, 0.1) is 6.67 Å². The fraction of sp³-hybridized carbons (Fsp3) is 0.652. The van der Waals surface area contributed by atoms with Crippen LogP contribution in [0.3, 0.4) is 0 Å². The Morgan fingerprint density at radius 3 is 1.36 bits per heavy atom. The third kappa shape index (κ3) is 3.09. The molecule has 2 nitrogen and oxygen atoms in total. The molecule has 2 aliphatic carbocycles. The lowest BCUT2D eigenvalue weighted by atomic mass is 9.80.